The van der Waals surface area contributed by atoms with Crippen molar-refractivity contribution in [2.24, 2.45) is 22.2 Å². The van der Waals surface area contributed by atoms with Crippen LogP contribution in [-0.2, 0) is 14.4 Å². The predicted octanol–water partition coefficient (Wildman–Crippen LogP) is 10.6. The standard InChI is InChI=1S/C43H58O6/c1-27(2)13-11-15-30(7)21-23-42-26-33(19-17-29(5)6)41(9,10)43(40(42)49,24-22-31(8)16-12-14-28(3)4)39(48)36(38(42)47)37(46)32-18-20-34(44)35(45)25-32/h13-14,17-18,20-22,25,33,44-46H,11-12,15-16,19,23-24,26H2,1-10H3/b30-21+,31-22+,37-36?/t33-,42+,43-/m1/s1. The van der Waals surface area contributed by atoms with Crippen LogP contribution in [0.1, 0.15) is 126 Å². The van der Waals surface area contributed by atoms with Gasteiger partial charge in [-0.2, -0.15) is 0 Å². The maximum absolute atomic E-state index is 15.3. The van der Waals surface area contributed by atoms with Crippen molar-refractivity contribution in [2.75, 3.05) is 0 Å². The summed E-state index contributed by atoms with van der Waals surface area (Å²) in [6, 6.07) is 3.69. The Balaban J connectivity index is 2.36. The van der Waals surface area contributed by atoms with Crippen LogP contribution in [0, 0.1) is 22.2 Å². The molecule has 3 rings (SSSR count). The van der Waals surface area contributed by atoms with Gasteiger partial charge in [-0.3, -0.25) is 14.4 Å². The first-order valence-corrected chi connectivity index (χ1v) is 17.6. The van der Waals surface area contributed by atoms with E-state index in [-0.39, 0.29) is 36.5 Å². The number of hydrogen-bond acceptors (Lipinski definition) is 6. The predicted molar refractivity (Wildman–Crippen MR) is 199 cm³/mol. The molecule has 0 unspecified atom stereocenters. The number of allylic oxidation sites excluding steroid dienone is 11. The molecule has 1 aromatic carbocycles. The van der Waals surface area contributed by atoms with Crippen LogP contribution in [0.25, 0.3) is 5.76 Å². The summed E-state index contributed by atoms with van der Waals surface area (Å²) in [5.74, 6) is -3.35. The Morgan fingerprint density at radius 2 is 1.27 bits per heavy atom. The van der Waals surface area contributed by atoms with E-state index in [9.17, 15) is 20.1 Å². The van der Waals surface area contributed by atoms with E-state index in [0.717, 1.165) is 48.5 Å². The van der Waals surface area contributed by atoms with Crippen molar-refractivity contribution in [3.05, 3.63) is 87.6 Å². The minimum absolute atomic E-state index is 0.0190. The molecule has 49 heavy (non-hydrogen) atoms. The second-order valence-corrected chi connectivity index (χ2v) is 15.7. The molecule has 2 aliphatic carbocycles. The van der Waals surface area contributed by atoms with E-state index < -0.39 is 50.6 Å². The third-order valence-electron chi connectivity index (χ3n) is 10.8. The molecule has 3 atom stereocenters. The SMILES string of the molecule is CC(C)=CCC/C(C)=C/C[C@]12C[C@@H](CC=C(C)C)C(C)(C)[C@](C/C=C(\C)CCC=C(C)C)(C(=O)C(=C(O)c3ccc(O)c(O)c3)C1=O)C2=O. The number of benzene rings is 1. The number of Topliss-reactive ketones (excluding diaryl/α,β-unsaturated/α-hetero) is 3. The molecule has 0 radical (unpaired) electrons. The minimum Gasteiger partial charge on any atom is -0.506 e. The molecule has 6 heteroatoms. The molecule has 3 N–H and O–H groups in total. The number of carbonyl (C=O) groups excluding carboxylic acids is 3. The summed E-state index contributed by atoms with van der Waals surface area (Å²) in [6.45, 7) is 20.2. The highest BCUT2D eigenvalue weighted by atomic mass is 16.3. The highest BCUT2D eigenvalue weighted by Gasteiger charge is 2.73. The molecule has 0 aliphatic heterocycles. The lowest BCUT2D eigenvalue weighted by Gasteiger charge is -2.60. The van der Waals surface area contributed by atoms with E-state index in [0.29, 0.717) is 6.42 Å². The maximum atomic E-state index is 15.3. The van der Waals surface area contributed by atoms with Crippen molar-refractivity contribution in [1.29, 1.82) is 0 Å². The Bertz CT molecular complexity index is 1650. The number of aromatic hydroxyl groups is 2. The normalized spacial score (nSPS) is 24.8. The van der Waals surface area contributed by atoms with Crippen molar-refractivity contribution >= 4 is 23.1 Å². The number of phenolic OH excluding ortho intramolecular Hbond substituents is 2. The molecular weight excluding hydrogens is 612 g/mol. The van der Waals surface area contributed by atoms with E-state index in [2.05, 4.69) is 45.9 Å². The quantitative estimate of drug-likeness (QED) is 0.0481. The van der Waals surface area contributed by atoms with Crippen LogP contribution in [0.2, 0.25) is 0 Å². The van der Waals surface area contributed by atoms with Crippen LogP contribution in [0.3, 0.4) is 0 Å². The van der Waals surface area contributed by atoms with Crippen molar-refractivity contribution in [3.63, 3.8) is 0 Å². The number of aliphatic hydroxyl groups excluding tert-OH is 1. The fraction of sp³-hybridized carbons (Fsp3) is 0.512. The fourth-order valence-electron chi connectivity index (χ4n) is 7.53. The Kier molecular flexibility index (Phi) is 12.7. The molecule has 0 spiro atoms. The molecule has 2 bridgehead atoms. The van der Waals surface area contributed by atoms with Gasteiger partial charge in [0, 0.05) is 5.56 Å². The van der Waals surface area contributed by atoms with Crippen LogP contribution in [0.4, 0.5) is 0 Å². The van der Waals surface area contributed by atoms with Gasteiger partial charge in [0.1, 0.15) is 16.7 Å². The van der Waals surface area contributed by atoms with Gasteiger partial charge in [0.2, 0.25) is 0 Å². The topological polar surface area (TPSA) is 112 Å². The highest BCUT2D eigenvalue weighted by molar-refractivity contribution is 6.41. The van der Waals surface area contributed by atoms with E-state index >= 15 is 9.59 Å². The third kappa shape index (κ3) is 8.11. The molecule has 0 heterocycles. The van der Waals surface area contributed by atoms with Gasteiger partial charge in [-0.05, 0) is 136 Å². The van der Waals surface area contributed by atoms with Crippen LogP contribution < -0.4 is 0 Å². The molecule has 2 saturated carbocycles. The largest absolute Gasteiger partial charge is 0.506 e. The number of rotatable bonds is 13. The average Bonchev–Trinajstić information content (AvgIpc) is 3.00. The average molecular weight is 671 g/mol. The summed E-state index contributed by atoms with van der Waals surface area (Å²) >= 11 is 0. The Morgan fingerprint density at radius 1 is 0.735 bits per heavy atom. The first-order valence-electron chi connectivity index (χ1n) is 17.6. The van der Waals surface area contributed by atoms with Crippen molar-refractivity contribution in [2.45, 2.75) is 121 Å². The lowest BCUT2D eigenvalue weighted by Crippen LogP contribution is -2.69. The monoisotopic (exact) mass is 670 g/mol. The van der Waals surface area contributed by atoms with Crippen LogP contribution >= 0.6 is 0 Å². The number of phenols is 2. The third-order valence-corrected chi connectivity index (χ3v) is 10.8. The zero-order valence-electron chi connectivity index (χ0n) is 31.4. The smallest absolute Gasteiger partial charge is 0.184 e. The number of fused-ring (bicyclic) bond motifs is 2. The van der Waals surface area contributed by atoms with Gasteiger partial charge in [0.15, 0.2) is 28.8 Å². The second-order valence-electron chi connectivity index (χ2n) is 15.7. The van der Waals surface area contributed by atoms with E-state index in [4.69, 9.17) is 0 Å². The molecule has 2 fully saturated rings. The maximum Gasteiger partial charge on any atom is 0.184 e. The van der Waals surface area contributed by atoms with Gasteiger partial charge in [0.05, 0.1) is 5.41 Å². The second kappa shape index (κ2) is 15.7. The molecule has 6 nitrogen and oxygen atoms in total. The molecule has 2 aliphatic rings. The zero-order valence-corrected chi connectivity index (χ0v) is 31.4. The zero-order chi connectivity index (χ0) is 36.9. The van der Waals surface area contributed by atoms with E-state index in [1.807, 2.05) is 53.7 Å². The lowest BCUT2D eigenvalue weighted by molar-refractivity contribution is -0.176. The first-order chi connectivity index (χ1) is 22.8. The van der Waals surface area contributed by atoms with E-state index in [1.54, 1.807) is 0 Å². The molecule has 0 saturated heterocycles. The van der Waals surface area contributed by atoms with Gasteiger partial charge in [0.25, 0.3) is 0 Å². The minimum atomic E-state index is -1.62. The van der Waals surface area contributed by atoms with Gasteiger partial charge < -0.3 is 15.3 Å². The van der Waals surface area contributed by atoms with Crippen molar-refractivity contribution in [3.8, 4) is 11.5 Å². The molecule has 1 aromatic rings. The van der Waals surface area contributed by atoms with Gasteiger partial charge >= 0.3 is 0 Å². The van der Waals surface area contributed by atoms with Crippen molar-refractivity contribution < 1.29 is 29.7 Å². The molecule has 266 valence electrons. The summed E-state index contributed by atoms with van der Waals surface area (Å²) in [7, 11) is 0. The Labute approximate surface area is 294 Å². The number of carbonyl (C=O) groups is 3. The fourth-order valence-corrected chi connectivity index (χ4v) is 7.53. The summed E-state index contributed by atoms with van der Waals surface area (Å²) in [6.07, 6.45) is 14.7. The Hall–Kier alpha value is -3.93. The molecular formula is C43H58O6. The number of aliphatic hydroxyl groups is 1. The summed E-state index contributed by atoms with van der Waals surface area (Å²) < 4.78 is 0. The number of ketones is 3. The van der Waals surface area contributed by atoms with Crippen LogP contribution in [0.5, 0.6) is 11.5 Å². The summed E-state index contributed by atoms with van der Waals surface area (Å²) in [4.78, 5) is 45.3. The van der Waals surface area contributed by atoms with Crippen LogP contribution in [0.15, 0.2) is 82.0 Å². The number of hydrogen-bond donors (Lipinski definition) is 3. The Morgan fingerprint density at radius 3 is 1.78 bits per heavy atom. The van der Waals surface area contributed by atoms with Crippen molar-refractivity contribution in [1.82, 2.24) is 0 Å². The summed E-state index contributed by atoms with van der Waals surface area (Å²) in [5.41, 5.74) is 1.22. The molecule has 0 amide bonds. The lowest BCUT2D eigenvalue weighted by atomic mass is 9.38. The van der Waals surface area contributed by atoms with Crippen LogP contribution in [-0.4, -0.2) is 32.7 Å². The summed E-state index contributed by atoms with van der Waals surface area (Å²) in [5, 5.41) is 32.0. The first kappa shape index (κ1) is 39.5. The van der Waals surface area contributed by atoms with Gasteiger partial charge in [-0.15, -0.1) is 0 Å². The van der Waals surface area contributed by atoms with E-state index in [1.165, 1.54) is 23.3 Å². The van der Waals surface area contributed by atoms with Gasteiger partial charge in [-0.1, -0.05) is 72.1 Å². The van der Waals surface area contributed by atoms with Gasteiger partial charge in [-0.25, -0.2) is 0 Å². The molecule has 0 aromatic heterocycles. The highest BCUT2D eigenvalue weighted by Crippen LogP contribution is 2.65.